The van der Waals surface area contributed by atoms with Crippen LogP contribution in [0.1, 0.15) is 39.9 Å². The summed E-state index contributed by atoms with van der Waals surface area (Å²) in [5, 5.41) is 0.285. The number of likely N-dealkylation sites (tertiary alicyclic amines) is 1. The van der Waals surface area contributed by atoms with Gasteiger partial charge in [-0.05, 0) is 105 Å². The minimum atomic E-state index is -0.261. The average molecular weight is 602 g/mol. The van der Waals surface area contributed by atoms with E-state index in [4.69, 9.17) is 11.6 Å². The summed E-state index contributed by atoms with van der Waals surface area (Å²) in [5.41, 5.74) is 3.90. The standard InChI is InChI=1S/C34H30ClF2N3OS/c1-23-4-5-24(30(37)19-23)3-2-16-39-17-13-34(14-18-39)22-40(33(41)25-12-15-38-32(35)20-25)31-11-10-28(21-29(31)34)42-27-8-6-26(36)7-9-27/h2-12,15,19-21H,13-14,16-18,22H2,1H3. The lowest BCUT2D eigenvalue weighted by Crippen LogP contribution is -2.46. The van der Waals surface area contributed by atoms with Gasteiger partial charge in [-0.25, -0.2) is 13.8 Å². The molecule has 4 nitrogen and oxygen atoms in total. The maximum atomic E-state index is 14.3. The van der Waals surface area contributed by atoms with Crippen LogP contribution >= 0.6 is 23.4 Å². The van der Waals surface area contributed by atoms with E-state index >= 15 is 0 Å². The van der Waals surface area contributed by atoms with Gasteiger partial charge in [0.15, 0.2) is 0 Å². The molecule has 2 aliphatic rings. The summed E-state index contributed by atoms with van der Waals surface area (Å²) in [4.78, 5) is 24.0. The molecule has 0 aliphatic carbocycles. The zero-order valence-electron chi connectivity index (χ0n) is 23.2. The largest absolute Gasteiger partial charge is 0.307 e. The van der Waals surface area contributed by atoms with Gasteiger partial charge in [-0.3, -0.25) is 9.69 Å². The van der Waals surface area contributed by atoms with Crippen molar-refractivity contribution in [3.8, 4) is 0 Å². The summed E-state index contributed by atoms with van der Waals surface area (Å²) in [6, 6.07) is 21.3. The molecule has 4 aromatic rings. The van der Waals surface area contributed by atoms with Crippen LogP contribution in [0.2, 0.25) is 5.15 Å². The molecule has 6 rings (SSSR count). The molecule has 1 amide bonds. The van der Waals surface area contributed by atoms with Crippen LogP contribution in [0.4, 0.5) is 14.5 Å². The molecule has 1 fully saturated rings. The van der Waals surface area contributed by atoms with E-state index in [1.165, 1.54) is 17.7 Å². The van der Waals surface area contributed by atoms with E-state index in [2.05, 4.69) is 16.0 Å². The molecule has 0 atom stereocenters. The Morgan fingerprint density at radius 2 is 1.76 bits per heavy atom. The third-order valence-corrected chi connectivity index (χ3v) is 9.39. The molecule has 0 bridgehead atoms. The fraction of sp³-hybridized carbons (Fsp3) is 0.235. The number of benzene rings is 3. The molecule has 2 aliphatic heterocycles. The molecule has 8 heteroatoms. The molecule has 1 aromatic heterocycles. The first-order valence-corrected chi connectivity index (χ1v) is 15.2. The highest BCUT2D eigenvalue weighted by Crippen LogP contribution is 2.49. The number of fused-ring (bicyclic) bond motifs is 2. The number of amides is 1. The third-order valence-electron chi connectivity index (χ3n) is 8.19. The highest BCUT2D eigenvalue weighted by atomic mass is 35.5. The van der Waals surface area contributed by atoms with Gasteiger partial charge < -0.3 is 4.90 Å². The predicted octanol–water partition coefficient (Wildman–Crippen LogP) is 8.18. The van der Waals surface area contributed by atoms with E-state index in [0.717, 1.165) is 53.5 Å². The number of aromatic nitrogens is 1. The number of halogens is 3. The highest BCUT2D eigenvalue weighted by molar-refractivity contribution is 7.99. The Bertz CT molecular complexity index is 1650. The number of piperidine rings is 1. The van der Waals surface area contributed by atoms with Crippen LogP contribution in [-0.2, 0) is 5.41 Å². The van der Waals surface area contributed by atoms with Crippen molar-refractivity contribution < 1.29 is 13.6 Å². The first kappa shape index (κ1) is 28.6. The van der Waals surface area contributed by atoms with Gasteiger partial charge in [0.2, 0.25) is 0 Å². The number of rotatable bonds is 6. The van der Waals surface area contributed by atoms with Crippen LogP contribution in [0, 0.1) is 18.6 Å². The molecular weight excluding hydrogens is 572 g/mol. The van der Waals surface area contributed by atoms with Crippen molar-refractivity contribution in [1.29, 1.82) is 0 Å². The number of carbonyl (C=O) groups excluding carboxylic acids is 1. The molecule has 0 N–H and O–H groups in total. The fourth-order valence-corrected chi connectivity index (χ4v) is 6.94. The van der Waals surface area contributed by atoms with Crippen molar-refractivity contribution in [2.45, 2.75) is 35.0 Å². The number of anilines is 1. The Labute approximate surface area is 254 Å². The van der Waals surface area contributed by atoms with Gasteiger partial charge >= 0.3 is 0 Å². The summed E-state index contributed by atoms with van der Waals surface area (Å²) >= 11 is 7.70. The van der Waals surface area contributed by atoms with Crippen LogP contribution in [0.15, 0.2) is 94.9 Å². The molecule has 214 valence electrons. The quantitative estimate of drug-likeness (QED) is 0.209. The molecule has 0 unspecified atom stereocenters. The van der Waals surface area contributed by atoms with Crippen molar-refractivity contribution >= 4 is 41.0 Å². The van der Waals surface area contributed by atoms with Crippen molar-refractivity contribution in [2.24, 2.45) is 0 Å². The minimum absolute atomic E-state index is 0.0955. The monoisotopic (exact) mass is 601 g/mol. The normalized spacial score (nSPS) is 16.3. The number of pyridine rings is 1. The molecular formula is C34H30ClF2N3OS. The lowest BCUT2D eigenvalue weighted by atomic mass is 9.74. The summed E-state index contributed by atoms with van der Waals surface area (Å²) in [7, 11) is 0. The summed E-state index contributed by atoms with van der Waals surface area (Å²) in [6.45, 7) is 4.92. The smallest absolute Gasteiger partial charge is 0.258 e. The van der Waals surface area contributed by atoms with Gasteiger partial charge in [-0.15, -0.1) is 0 Å². The molecule has 0 radical (unpaired) electrons. The number of hydrogen-bond acceptors (Lipinski definition) is 4. The van der Waals surface area contributed by atoms with Crippen LogP contribution in [0.25, 0.3) is 6.08 Å². The lowest BCUT2D eigenvalue weighted by molar-refractivity contribution is 0.0977. The van der Waals surface area contributed by atoms with Gasteiger partial charge in [-0.2, -0.15) is 0 Å². The van der Waals surface area contributed by atoms with E-state index in [1.807, 2.05) is 48.2 Å². The molecule has 42 heavy (non-hydrogen) atoms. The Morgan fingerprint density at radius 3 is 2.50 bits per heavy atom. The maximum Gasteiger partial charge on any atom is 0.258 e. The van der Waals surface area contributed by atoms with Gasteiger partial charge in [0.25, 0.3) is 5.91 Å². The number of carbonyl (C=O) groups is 1. The molecule has 3 aromatic carbocycles. The Hall–Kier alpha value is -3.52. The minimum Gasteiger partial charge on any atom is -0.307 e. The molecule has 0 saturated carbocycles. The Balaban J connectivity index is 1.24. The molecule has 3 heterocycles. The number of hydrogen-bond donors (Lipinski definition) is 0. The second-order valence-electron chi connectivity index (χ2n) is 11.0. The van der Waals surface area contributed by atoms with E-state index in [-0.39, 0.29) is 28.1 Å². The second-order valence-corrected chi connectivity index (χ2v) is 12.5. The second kappa shape index (κ2) is 12.0. The summed E-state index contributed by atoms with van der Waals surface area (Å²) < 4.78 is 27.7. The first-order valence-electron chi connectivity index (χ1n) is 14.0. The molecule has 1 spiro atoms. The van der Waals surface area contributed by atoms with Gasteiger partial charge in [0, 0.05) is 51.3 Å². The van der Waals surface area contributed by atoms with Crippen LogP contribution in [0.3, 0.4) is 0 Å². The predicted molar refractivity (Wildman–Crippen MR) is 165 cm³/mol. The Morgan fingerprint density at radius 1 is 1.00 bits per heavy atom. The lowest BCUT2D eigenvalue weighted by Gasteiger charge is -2.39. The maximum absolute atomic E-state index is 14.3. The highest BCUT2D eigenvalue weighted by Gasteiger charge is 2.46. The van der Waals surface area contributed by atoms with Crippen molar-refractivity contribution in [3.63, 3.8) is 0 Å². The van der Waals surface area contributed by atoms with Crippen molar-refractivity contribution in [1.82, 2.24) is 9.88 Å². The third kappa shape index (κ3) is 6.00. The number of nitrogens with zero attached hydrogens (tertiary/aromatic N) is 3. The van der Waals surface area contributed by atoms with Crippen molar-refractivity contribution in [2.75, 3.05) is 31.1 Å². The van der Waals surface area contributed by atoms with Crippen LogP contribution < -0.4 is 4.90 Å². The van der Waals surface area contributed by atoms with Crippen LogP contribution in [-0.4, -0.2) is 42.0 Å². The van der Waals surface area contributed by atoms with Crippen molar-refractivity contribution in [3.05, 3.63) is 124 Å². The van der Waals surface area contributed by atoms with Gasteiger partial charge in [0.1, 0.15) is 16.8 Å². The van der Waals surface area contributed by atoms with Crippen LogP contribution in [0.5, 0.6) is 0 Å². The van der Waals surface area contributed by atoms with E-state index in [1.54, 1.807) is 48.3 Å². The Kier molecular flexibility index (Phi) is 8.17. The van der Waals surface area contributed by atoms with Gasteiger partial charge in [0.05, 0.1) is 0 Å². The van der Waals surface area contributed by atoms with Gasteiger partial charge in [-0.1, -0.05) is 47.6 Å². The average Bonchev–Trinajstić information content (AvgIpc) is 3.29. The SMILES string of the molecule is Cc1ccc(C=CCN2CCC3(CC2)CN(C(=O)c2ccnc(Cl)c2)c2ccc(Sc4ccc(F)cc4)cc23)c(F)c1. The van der Waals surface area contributed by atoms with E-state index in [9.17, 15) is 13.6 Å². The summed E-state index contributed by atoms with van der Waals surface area (Å²) in [6.07, 6.45) is 7.20. The molecule has 1 saturated heterocycles. The van der Waals surface area contributed by atoms with E-state index in [0.29, 0.717) is 17.7 Å². The fourth-order valence-electron chi connectivity index (χ4n) is 5.91. The topological polar surface area (TPSA) is 36.4 Å². The first-order chi connectivity index (χ1) is 20.3. The zero-order chi connectivity index (χ0) is 29.3. The van der Waals surface area contributed by atoms with E-state index < -0.39 is 0 Å². The zero-order valence-corrected chi connectivity index (χ0v) is 24.8. The summed E-state index contributed by atoms with van der Waals surface area (Å²) in [5.74, 6) is -0.564. The number of aryl methyl sites for hydroxylation is 1.